The molecule has 0 spiro atoms. The Morgan fingerprint density at radius 1 is 1.05 bits per heavy atom. The average Bonchev–Trinajstić information content (AvgIpc) is 2.49. The minimum atomic E-state index is -0.363. The minimum Gasteiger partial charge on any atom is -0.324 e. The molecule has 0 saturated carbocycles. The van der Waals surface area contributed by atoms with Gasteiger partial charge in [-0.2, -0.15) is 0 Å². The Labute approximate surface area is 121 Å². The molecule has 0 unspecified atom stereocenters. The van der Waals surface area contributed by atoms with E-state index in [-0.39, 0.29) is 23.4 Å². The van der Waals surface area contributed by atoms with Crippen LogP contribution in [-0.2, 0) is 4.79 Å². The minimum absolute atomic E-state index is 0.00219. The van der Waals surface area contributed by atoms with E-state index >= 15 is 0 Å². The van der Waals surface area contributed by atoms with Crippen LogP contribution in [0.15, 0.2) is 59.5 Å². The maximum absolute atomic E-state index is 12.2. The molecule has 1 aliphatic rings. The highest BCUT2D eigenvalue weighted by molar-refractivity contribution is 8.01. The van der Waals surface area contributed by atoms with Crippen molar-refractivity contribution in [2.24, 2.45) is 0 Å². The quantitative estimate of drug-likeness (QED) is 0.878. The zero-order valence-corrected chi connectivity index (χ0v) is 11.5. The van der Waals surface area contributed by atoms with Gasteiger partial charge in [0.25, 0.3) is 0 Å². The Morgan fingerprint density at radius 3 is 2.55 bits per heavy atom. The van der Waals surface area contributed by atoms with Gasteiger partial charge in [-0.15, -0.1) is 11.8 Å². The second-order valence-electron chi connectivity index (χ2n) is 4.59. The number of amides is 1. The van der Waals surface area contributed by atoms with Crippen molar-refractivity contribution in [3.8, 4) is 0 Å². The lowest BCUT2D eigenvalue weighted by Gasteiger charge is -2.23. The number of ketones is 1. The fraction of sp³-hybridized carbons (Fsp3) is 0.125. The summed E-state index contributed by atoms with van der Waals surface area (Å²) in [6, 6.07) is 16.7. The highest BCUT2D eigenvalue weighted by atomic mass is 32.2. The molecule has 2 aromatic rings. The van der Waals surface area contributed by atoms with Gasteiger partial charge in [-0.3, -0.25) is 9.59 Å². The Hall–Kier alpha value is -2.07. The second-order valence-corrected chi connectivity index (χ2v) is 5.83. The van der Waals surface area contributed by atoms with Gasteiger partial charge in [-0.05, 0) is 12.1 Å². The highest BCUT2D eigenvalue weighted by Crippen LogP contribution is 2.36. The number of thioether (sulfide) groups is 1. The first-order valence-electron chi connectivity index (χ1n) is 6.39. The van der Waals surface area contributed by atoms with Crippen LogP contribution in [0.5, 0.6) is 0 Å². The molecule has 1 N–H and O–H groups in total. The third kappa shape index (κ3) is 2.60. The van der Waals surface area contributed by atoms with Gasteiger partial charge in [0.15, 0.2) is 5.78 Å². The number of hydrogen-bond acceptors (Lipinski definition) is 3. The van der Waals surface area contributed by atoms with Crippen molar-refractivity contribution in [2.45, 2.75) is 16.6 Å². The third-order valence-electron chi connectivity index (χ3n) is 3.17. The Bertz CT molecular complexity index is 655. The van der Waals surface area contributed by atoms with Gasteiger partial charge in [0.1, 0.15) is 0 Å². The molecule has 100 valence electrons. The van der Waals surface area contributed by atoms with Gasteiger partial charge in [0.05, 0.1) is 10.9 Å². The summed E-state index contributed by atoms with van der Waals surface area (Å²) in [4.78, 5) is 25.2. The summed E-state index contributed by atoms with van der Waals surface area (Å²) in [5.74, 6) is -0.101. The number of anilines is 1. The SMILES string of the molecule is O=C(C[C@H]1Sc2ccccc2NC1=O)c1ccccc1. The lowest BCUT2D eigenvalue weighted by Crippen LogP contribution is -2.30. The molecule has 2 aromatic carbocycles. The summed E-state index contributed by atoms with van der Waals surface area (Å²) in [7, 11) is 0. The summed E-state index contributed by atoms with van der Waals surface area (Å²) >= 11 is 1.46. The number of para-hydroxylation sites is 1. The largest absolute Gasteiger partial charge is 0.324 e. The molecular weight excluding hydrogens is 270 g/mol. The predicted molar refractivity (Wildman–Crippen MR) is 80.1 cm³/mol. The molecule has 1 aliphatic heterocycles. The number of benzene rings is 2. The molecule has 0 fully saturated rings. The summed E-state index contributed by atoms with van der Waals surface area (Å²) in [5.41, 5.74) is 1.48. The Morgan fingerprint density at radius 2 is 1.75 bits per heavy atom. The van der Waals surface area contributed by atoms with Crippen LogP contribution in [-0.4, -0.2) is 16.9 Å². The number of carbonyl (C=O) groups excluding carboxylic acids is 2. The van der Waals surface area contributed by atoms with Gasteiger partial charge in [-0.25, -0.2) is 0 Å². The Balaban J connectivity index is 1.76. The van der Waals surface area contributed by atoms with E-state index in [1.807, 2.05) is 42.5 Å². The fourth-order valence-corrected chi connectivity index (χ4v) is 3.25. The molecule has 0 bridgehead atoms. The first kappa shape index (κ1) is 12.9. The lowest BCUT2D eigenvalue weighted by molar-refractivity contribution is -0.115. The van der Waals surface area contributed by atoms with Crippen molar-refractivity contribution >= 4 is 29.1 Å². The molecule has 4 heteroatoms. The van der Waals surface area contributed by atoms with Crippen LogP contribution >= 0.6 is 11.8 Å². The van der Waals surface area contributed by atoms with E-state index in [0.717, 1.165) is 10.6 Å². The van der Waals surface area contributed by atoms with E-state index in [9.17, 15) is 9.59 Å². The number of fused-ring (bicyclic) bond motifs is 1. The lowest BCUT2D eigenvalue weighted by atomic mass is 10.1. The molecule has 0 aromatic heterocycles. The Kier molecular flexibility index (Phi) is 3.56. The van der Waals surface area contributed by atoms with Crippen molar-refractivity contribution in [3.05, 3.63) is 60.2 Å². The molecule has 0 aliphatic carbocycles. The third-order valence-corrected chi connectivity index (χ3v) is 4.45. The summed E-state index contributed by atoms with van der Waals surface area (Å²) in [6.07, 6.45) is 0.217. The first-order chi connectivity index (χ1) is 9.74. The van der Waals surface area contributed by atoms with E-state index in [4.69, 9.17) is 0 Å². The van der Waals surface area contributed by atoms with Crippen LogP contribution in [0.3, 0.4) is 0 Å². The molecule has 3 rings (SSSR count). The fourth-order valence-electron chi connectivity index (χ4n) is 2.14. The number of carbonyl (C=O) groups is 2. The van der Waals surface area contributed by atoms with Gasteiger partial charge in [0, 0.05) is 16.9 Å². The standard InChI is InChI=1S/C16H13NO2S/c18-13(11-6-2-1-3-7-11)10-15-16(19)17-12-8-4-5-9-14(12)20-15/h1-9,15H,10H2,(H,17,19)/t15-/m1/s1. The van der Waals surface area contributed by atoms with Gasteiger partial charge in [0.2, 0.25) is 5.91 Å². The topological polar surface area (TPSA) is 46.2 Å². The molecule has 0 radical (unpaired) electrons. The van der Waals surface area contributed by atoms with Gasteiger partial charge in [-0.1, -0.05) is 42.5 Å². The number of nitrogens with one attached hydrogen (secondary N) is 1. The van der Waals surface area contributed by atoms with Crippen LogP contribution in [0.4, 0.5) is 5.69 Å². The van der Waals surface area contributed by atoms with E-state index in [1.54, 1.807) is 12.1 Å². The molecule has 1 amide bonds. The predicted octanol–water partition coefficient (Wildman–Crippen LogP) is 3.37. The number of hydrogen-bond donors (Lipinski definition) is 1. The van der Waals surface area contributed by atoms with Gasteiger partial charge < -0.3 is 5.32 Å². The molecule has 3 nitrogen and oxygen atoms in total. The summed E-state index contributed by atoms with van der Waals surface area (Å²) in [5, 5.41) is 2.49. The number of rotatable bonds is 3. The molecule has 1 atom stereocenters. The monoisotopic (exact) mass is 283 g/mol. The normalized spacial score (nSPS) is 17.2. The zero-order chi connectivity index (χ0) is 13.9. The first-order valence-corrected chi connectivity index (χ1v) is 7.27. The molecule has 1 heterocycles. The van der Waals surface area contributed by atoms with Crippen LogP contribution in [0.1, 0.15) is 16.8 Å². The summed E-state index contributed by atoms with van der Waals surface area (Å²) < 4.78 is 0. The molecule has 20 heavy (non-hydrogen) atoms. The van der Waals surface area contributed by atoms with E-state index < -0.39 is 0 Å². The van der Waals surface area contributed by atoms with Crippen molar-refractivity contribution in [3.63, 3.8) is 0 Å². The van der Waals surface area contributed by atoms with E-state index in [1.165, 1.54) is 11.8 Å². The summed E-state index contributed by atoms with van der Waals surface area (Å²) in [6.45, 7) is 0. The average molecular weight is 283 g/mol. The molecule has 0 saturated heterocycles. The van der Waals surface area contributed by atoms with Crippen molar-refractivity contribution in [2.75, 3.05) is 5.32 Å². The van der Waals surface area contributed by atoms with E-state index in [2.05, 4.69) is 5.32 Å². The second kappa shape index (κ2) is 5.51. The zero-order valence-electron chi connectivity index (χ0n) is 10.7. The van der Waals surface area contributed by atoms with Crippen LogP contribution < -0.4 is 5.32 Å². The highest BCUT2D eigenvalue weighted by Gasteiger charge is 2.28. The maximum Gasteiger partial charge on any atom is 0.238 e. The van der Waals surface area contributed by atoms with Crippen molar-refractivity contribution in [1.82, 2.24) is 0 Å². The number of Topliss-reactive ketones (excluding diaryl/α,β-unsaturated/α-hetero) is 1. The maximum atomic E-state index is 12.2. The molecular formula is C16H13NO2S. The van der Waals surface area contributed by atoms with Crippen LogP contribution in [0.25, 0.3) is 0 Å². The smallest absolute Gasteiger partial charge is 0.238 e. The van der Waals surface area contributed by atoms with E-state index in [0.29, 0.717) is 5.56 Å². The van der Waals surface area contributed by atoms with Crippen molar-refractivity contribution < 1.29 is 9.59 Å². The van der Waals surface area contributed by atoms with Crippen molar-refractivity contribution in [1.29, 1.82) is 0 Å². The van der Waals surface area contributed by atoms with Gasteiger partial charge >= 0.3 is 0 Å². The van der Waals surface area contributed by atoms with Crippen LogP contribution in [0.2, 0.25) is 0 Å². The van der Waals surface area contributed by atoms with Crippen LogP contribution in [0, 0.1) is 0 Å².